The quantitative estimate of drug-likeness (QED) is 0.792. The number of aromatic nitrogens is 2. The van der Waals surface area contributed by atoms with Crippen LogP contribution in [0.1, 0.15) is 0 Å². The van der Waals surface area contributed by atoms with Crippen molar-refractivity contribution in [3.8, 4) is 0 Å². The highest BCUT2D eigenvalue weighted by Gasteiger charge is 2.15. The average molecular weight is 271 g/mol. The number of halogens is 1. The Balaban J connectivity index is 3.00. The molecule has 78 valence electrons. The Kier molecular flexibility index (Phi) is 2.15. The first-order valence-corrected chi connectivity index (χ1v) is 4.92. The van der Waals surface area contributed by atoms with Crippen LogP contribution in [0.25, 0.3) is 11.0 Å². The highest BCUT2D eigenvalue weighted by atomic mass is 79.9. The number of hydrogen-bond donors (Lipinski definition) is 1. The third kappa shape index (κ3) is 1.37. The van der Waals surface area contributed by atoms with Gasteiger partial charge in [-0.3, -0.25) is 4.57 Å². The van der Waals surface area contributed by atoms with Crippen LogP contribution in [0, 0.1) is 0 Å². The molecule has 0 bridgehead atoms. The van der Waals surface area contributed by atoms with E-state index in [0.717, 1.165) is 9.04 Å². The smallest absolute Gasteiger partial charge is 0.420 e. The van der Waals surface area contributed by atoms with Crippen molar-refractivity contribution in [3.63, 3.8) is 0 Å². The number of imidazole rings is 1. The molecule has 0 amide bonds. The molecule has 15 heavy (non-hydrogen) atoms. The van der Waals surface area contributed by atoms with Gasteiger partial charge in [0.05, 0.1) is 11.0 Å². The van der Waals surface area contributed by atoms with E-state index in [1.54, 1.807) is 18.2 Å². The zero-order valence-electron chi connectivity index (χ0n) is 7.77. The molecule has 0 saturated carbocycles. The topological polar surface area (TPSA) is 64.2 Å². The lowest BCUT2D eigenvalue weighted by Gasteiger charge is -1.95. The van der Waals surface area contributed by atoms with Gasteiger partial charge in [-0.25, -0.2) is 9.59 Å². The molecular formula is C9H7BrN2O3. The summed E-state index contributed by atoms with van der Waals surface area (Å²) in [6, 6.07) is 4.99. The first-order chi connectivity index (χ1) is 7.02. The van der Waals surface area contributed by atoms with Crippen molar-refractivity contribution < 1.29 is 9.90 Å². The van der Waals surface area contributed by atoms with Crippen molar-refractivity contribution in [2.24, 2.45) is 7.05 Å². The Morgan fingerprint density at radius 2 is 2.07 bits per heavy atom. The summed E-state index contributed by atoms with van der Waals surface area (Å²) in [5, 5.41) is 8.88. The van der Waals surface area contributed by atoms with Crippen LogP contribution >= 0.6 is 15.9 Å². The van der Waals surface area contributed by atoms with Gasteiger partial charge in [0.1, 0.15) is 0 Å². The number of aryl methyl sites for hydroxylation is 1. The Morgan fingerprint density at radius 3 is 2.67 bits per heavy atom. The molecule has 0 aliphatic heterocycles. The molecule has 0 aliphatic rings. The second-order valence-corrected chi connectivity index (χ2v) is 4.01. The lowest BCUT2D eigenvalue weighted by molar-refractivity contribution is 0.196. The molecule has 1 N–H and O–H groups in total. The molecule has 6 heteroatoms. The van der Waals surface area contributed by atoms with Crippen LogP contribution < -0.4 is 5.69 Å². The van der Waals surface area contributed by atoms with Crippen LogP contribution in [0.5, 0.6) is 0 Å². The van der Waals surface area contributed by atoms with Crippen molar-refractivity contribution in [2.75, 3.05) is 0 Å². The molecular weight excluding hydrogens is 264 g/mol. The van der Waals surface area contributed by atoms with Crippen molar-refractivity contribution in [1.29, 1.82) is 0 Å². The van der Waals surface area contributed by atoms with Gasteiger partial charge in [0.15, 0.2) is 0 Å². The van der Waals surface area contributed by atoms with Gasteiger partial charge in [-0.05, 0) is 18.2 Å². The highest BCUT2D eigenvalue weighted by molar-refractivity contribution is 9.10. The van der Waals surface area contributed by atoms with Gasteiger partial charge in [0.25, 0.3) is 0 Å². The molecule has 1 aromatic heterocycles. The average Bonchev–Trinajstić information content (AvgIpc) is 2.41. The second kappa shape index (κ2) is 3.23. The zero-order valence-corrected chi connectivity index (χ0v) is 9.35. The van der Waals surface area contributed by atoms with E-state index < -0.39 is 11.8 Å². The fourth-order valence-electron chi connectivity index (χ4n) is 1.50. The molecule has 0 radical (unpaired) electrons. The summed E-state index contributed by atoms with van der Waals surface area (Å²) in [5.41, 5.74) is 0.408. The number of carboxylic acid groups (broad SMARTS) is 1. The normalized spacial score (nSPS) is 10.8. The fourth-order valence-corrected chi connectivity index (χ4v) is 1.84. The number of benzene rings is 1. The van der Waals surface area contributed by atoms with E-state index in [0.29, 0.717) is 11.0 Å². The third-order valence-electron chi connectivity index (χ3n) is 2.21. The minimum absolute atomic E-state index is 0.387. The minimum Gasteiger partial charge on any atom is -0.464 e. The summed E-state index contributed by atoms with van der Waals surface area (Å²) >= 11 is 3.27. The summed E-state index contributed by atoms with van der Waals surface area (Å²) in [6.07, 6.45) is -1.27. The van der Waals surface area contributed by atoms with E-state index in [1.807, 2.05) is 0 Å². The van der Waals surface area contributed by atoms with Crippen LogP contribution in [-0.2, 0) is 7.05 Å². The first kappa shape index (κ1) is 9.97. The van der Waals surface area contributed by atoms with Gasteiger partial charge in [-0.2, -0.15) is 4.57 Å². The molecule has 0 aliphatic carbocycles. The van der Waals surface area contributed by atoms with E-state index in [9.17, 15) is 9.59 Å². The zero-order chi connectivity index (χ0) is 11.2. The number of nitrogens with zero attached hydrogens (tertiary/aromatic N) is 2. The van der Waals surface area contributed by atoms with Crippen molar-refractivity contribution >= 4 is 33.1 Å². The summed E-state index contributed by atoms with van der Waals surface area (Å²) < 4.78 is 2.82. The van der Waals surface area contributed by atoms with Crippen molar-refractivity contribution in [2.45, 2.75) is 0 Å². The Morgan fingerprint density at radius 1 is 1.40 bits per heavy atom. The maximum atomic E-state index is 11.6. The number of fused-ring (bicyclic) bond motifs is 1. The van der Waals surface area contributed by atoms with Gasteiger partial charge in [0, 0.05) is 11.5 Å². The lowest BCUT2D eigenvalue weighted by atomic mass is 10.3. The summed E-state index contributed by atoms with van der Waals surface area (Å²) in [5.74, 6) is 0. The first-order valence-electron chi connectivity index (χ1n) is 4.12. The van der Waals surface area contributed by atoms with Crippen LogP contribution in [0.4, 0.5) is 4.79 Å². The molecule has 0 fully saturated rings. The maximum absolute atomic E-state index is 11.6. The molecule has 2 aromatic rings. The van der Waals surface area contributed by atoms with Gasteiger partial charge >= 0.3 is 11.8 Å². The SMILES string of the molecule is Cn1c(=O)n(C(=O)O)c2ccc(Br)cc21. The molecule has 0 atom stereocenters. The summed E-state index contributed by atoms with van der Waals surface area (Å²) in [7, 11) is 1.54. The minimum atomic E-state index is -1.27. The van der Waals surface area contributed by atoms with E-state index in [-0.39, 0.29) is 0 Å². The summed E-state index contributed by atoms with van der Waals surface area (Å²) in [6.45, 7) is 0. The third-order valence-corrected chi connectivity index (χ3v) is 2.70. The van der Waals surface area contributed by atoms with Gasteiger partial charge in [-0.1, -0.05) is 15.9 Å². The van der Waals surface area contributed by atoms with Crippen LogP contribution in [0.15, 0.2) is 27.5 Å². The highest BCUT2D eigenvalue weighted by Crippen LogP contribution is 2.18. The Bertz CT molecular complexity index is 612. The molecule has 0 spiro atoms. The summed E-state index contributed by atoms with van der Waals surface area (Å²) in [4.78, 5) is 22.4. The van der Waals surface area contributed by atoms with Gasteiger partial charge in [-0.15, -0.1) is 0 Å². The number of carbonyl (C=O) groups is 1. The molecule has 1 heterocycles. The standard InChI is InChI=1S/C9H7BrN2O3/c1-11-7-4-5(10)2-3-6(7)12(8(11)13)9(14)15/h2-4H,1H3,(H,14,15). The van der Waals surface area contributed by atoms with Crippen molar-refractivity contribution in [3.05, 3.63) is 33.2 Å². The lowest BCUT2D eigenvalue weighted by Crippen LogP contribution is -2.26. The van der Waals surface area contributed by atoms with E-state index in [1.165, 1.54) is 11.6 Å². The van der Waals surface area contributed by atoms with Gasteiger partial charge in [0.2, 0.25) is 0 Å². The Labute approximate surface area is 92.7 Å². The van der Waals surface area contributed by atoms with Crippen LogP contribution in [-0.4, -0.2) is 20.3 Å². The predicted molar refractivity (Wildman–Crippen MR) is 58.3 cm³/mol. The molecule has 1 aromatic carbocycles. The largest absolute Gasteiger partial charge is 0.464 e. The van der Waals surface area contributed by atoms with E-state index in [4.69, 9.17) is 5.11 Å². The molecule has 0 unspecified atom stereocenters. The van der Waals surface area contributed by atoms with E-state index in [2.05, 4.69) is 15.9 Å². The Hall–Kier alpha value is -1.56. The van der Waals surface area contributed by atoms with E-state index >= 15 is 0 Å². The number of rotatable bonds is 0. The van der Waals surface area contributed by atoms with Crippen molar-refractivity contribution in [1.82, 2.24) is 9.13 Å². The molecule has 2 rings (SSSR count). The van der Waals surface area contributed by atoms with Crippen LogP contribution in [0.2, 0.25) is 0 Å². The van der Waals surface area contributed by atoms with Gasteiger partial charge < -0.3 is 5.11 Å². The van der Waals surface area contributed by atoms with Crippen LogP contribution in [0.3, 0.4) is 0 Å². The number of hydrogen-bond acceptors (Lipinski definition) is 2. The predicted octanol–water partition coefficient (Wildman–Crippen LogP) is 1.63. The monoisotopic (exact) mass is 270 g/mol. The molecule has 5 nitrogen and oxygen atoms in total. The fraction of sp³-hybridized carbons (Fsp3) is 0.111. The second-order valence-electron chi connectivity index (χ2n) is 3.09. The molecule has 0 saturated heterocycles. The maximum Gasteiger partial charge on any atom is 0.420 e.